The fourth-order valence-electron chi connectivity index (χ4n) is 3.96. The van der Waals surface area contributed by atoms with Gasteiger partial charge in [-0.15, -0.1) is 0 Å². The molecule has 1 unspecified atom stereocenters. The Hall–Kier alpha value is -1.92. The lowest BCUT2D eigenvalue weighted by atomic mass is 9.82. The Kier molecular flexibility index (Phi) is 3.58. The van der Waals surface area contributed by atoms with Gasteiger partial charge in [0.1, 0.15) is 0 Å². The van der Waals surface area contributed by atoms with Gasteiger partial charge < -0.3 is 9.47 Å². The SMILES string of the molecule is O=[N+]([O-])c1cccc2c1OC1(N3CCOCC3)CCCCC1=C2. The first-order valence-corrected chi connectivity index (χ1v) is 8.21. The molecule has 2 aliphatic heterocycles. The largest absolute Gasteiger partial charge is 0.461 e. The van der Waals surface area contributed by atoms with Crippen LogP contribution in [0, 0.1) is 10.1 Å². The molecule has 1 aliphatic carbocycles. The quantitative estimate of drug-likeness (QED) is 0.620. The molecule has 0 aromatic heterocycles. The number of hydrogen-bond acceptors (Lipinski definition) is 5. The summed E-state index contributed by atoms with van der Waals surface area (Å²) in [4.78, 5) is 13.3. The molecule has 2 fully saturated rings. The molecule has 0 amide bonds. The Morgan fingerprint density at radius 3 is 2.83 bits per heavy atom. The van der Waals surface area contributed by atoms with Crippen LogP contribution in [-0.4, -0.2) is 41.9 Å². The van der Waals surface area contributed by atoms with Gasteiger partial charge in [-0.25, -0.2) is 0 Å². The van der Waals surface area contributed by atoms with Crippen molar-refractivity contribution in [2.45, 2.75) is 31.4 Å². The molecule has 6 nitrogen and oxygen atoms in total. The van der Waals surface area contributed by atoms with Gasteiger partial charge in [-0.3, -0.25) is 15.0 Å². The van der Waals surface area contributed by atoms with Crippen molar-refractivity contribution in [1.29, 1.82) is 0 Å². The van der Waals surface area contributed by atoms with Crippen LogP contribution in [0.15, 0.2) is 23.8 Å². The van der Waals surface area contributed by atoms with Crippen LogP contribution in [0.1, 0.15) is 31.2 Å². The molecule has 1 atom stereocenters. The fraction of sp³-hybridized carbons (Fsp3) is 0.529. The van der Waals surface area contributed by atoms with Crippen molar-refractivity contribution in [2.24, 2.45) is 0 Å². The molecule has 6 heteroatoms. The summed E-state index contributed by atoms with van der Waals surface area (Å²) in [5.74, 6) is 0.412. The average Bonchev–Trinajstić information content (AvgIpc) is 2.60. The van der Waals surface area contributed by atoms with Crippen LogP contribution in [-0.2, 0) is 4.74 Å². The molecule has 1 saturated carbocycles. The van der Waals surface area contributed by atoms with E-state index in [1.54, 1.807) is 6.07 Å². The number of benzene rings is 1. The second-order valence-corrected chi connectivity index (χ2v) is 6.32. The van der Waals surface area contributed by atoms with Crippen LogP contribution in [0.2, 0.25) is 0 Å². The predicted octanol–water partition coefficient (Wildman–Crippen LogP) is 2.97. The summed E-state index contributed by atoms with van der Waals surface area (Å²) in [6, 6.07) is 5.14. The van der Waals surface area contributed by atoms with Gasteiger partial charge in [-0.05, 0) is 30.9 Å². The summed E-state index contributed by atoms with van der Waals surface area (Å²) in [7, 11) is 0. The summed E-state index contributed by atoms with van der Waals surface area (Å²) >= 11 is 0. The van der Waals surface area contributed by atoms with Gasteiger partial charge in [-0.1, -0.05) is 12.1 Å². The predicted molar refractivity (Wildman–Crippen MR) is 85.3 cm³/mol. The van der Waals surface area contributed by atoms with Crippen LogP contribution in [0.25, 0.3) is 6.08 Å². The van der Waals surface area contributed by atoms with Gasteiger partial charge in [-0.2, -0.15) is 0 Å². The number of ether oxygens (including phenoxy) is 2. The molecule has 2 heterocycles. The van der Waals surface area contributed by atoms with Crippen molar-refractivity contribution in [3.63, 3.8) is 0 Å². The molecule has 1 aromatic carbocycles. The lowest BCUT2D eigenvalue weighted by Crippen LogP contribution is -2.59. The highest BCUT2D eigenvalue weighted by Crippen LogP contribution is 2.48. The van der Waals surface area contributed by atoms with Gasteiger partial charge in [0.15, 0.2) is 5.72 Å². The van der Waals surface area contributed by atoms with E-state index in [1.165, 1.54) is 11.6 Å². The lowest BCUT2D eigenvalue weighted by molar-refractivity contribution is -0.386. The van der Waals surface area contributed by atoms with Crippen LogP contribution >= 0.6 is 0 Å². The minimum absolute atomic E-state index is 0.0519. The standard InChI is InChI=1S/C17H20N2O4/c20-19(21)15-6-3-4-13-12-14-5-1-2-7-17(14,23-16(13)15)18-8-10-22-11-9-18/h3-4,6,12H,1-2,5,7-11H2. The van der Waals surface area contributed by atoms with Crippen molar-refractivity contribution < 1.29 is 14.4 Å². The van der Waals surface area contributed by atoms with E-state index in [9.17, 15) is 10.1 Å². The second-order valence-electron chi connectivity index (χ2n) is 6.32. The van der Waals surface area contributed by atoms with E-state index in [-0.39, 0.29) is 10.6 Å². The molecule has 0 spiro atoms. The number of nitrogens with zero attached hydrogens (tertiary/aromatic N) is 2. The molecule has 1 saturated heterocycles. The molecule has 0 N–H and O–H groups in total. The number of hydrogen-bond donors (Lipinski definition) is 0. The molecule has 122 valence electrons. The van der Waals surface area contributed by atoms with Gasteiger partial charge in [0.2, 0.25) is 5.75 Å². The van der Waals surface area contributed by atoms with Crippen LogP contribution in [0.4, 0.5) is 5.69 Å². The van der Waals surface area contributed by atoms with Crippen molar-refractivity contribution in [3.05, 3.63) is 39.4 Å². The molecule has 0 bridgehead atoms. The highest BCUT2D eigenvalue weighted by molar-refractivity contribution is 5.70. The molecule has 0 radical (unpaired) electrons. The van der Waals surface area contributed by atoms with Crippen molar-refractivity contribution in [3.8, 4) is 5.75 Å². The minimum atomic E-state index is -0.527. The highest BCUT2D eigenvalue weighted by Gasteiger charge is 2.48. The zero-order valence-corrected chi connectivity index (χ0v) is 13.0. The minimum Gasteiger partial charge on any atom is -0.461 e. The maximum atomic E-state index is 11.4. The van der Waals surface area contributed by atoms with E-state index < -0.39 is 5.72 Å². The molecule has 23 heavy (non-hydrogen) atoms. The molecule has 1 aromatic rings. The lowest BCUT2D eigenvalue weighted by Gasteiger charge is -2.50. The normalized spacial score (nSPS) is 27.4. The average molecular weight is 316 g/mol. The Labute approximate surface area is 134 Å². The van der Waals surface area contributed by atoms with E-state index in [1.807, 2.05) is 6.07 Å². The number of morpholine rings is 1. The number of nitro groups is 1. The zero-order chi connectivity index (χ0) is 15.9. The van der Waals surface area contributed by atoms with Gasteiger partial charge >= 0.3 is 5.69 Å². The summed E-state index contributed by atoms with van der Waals surface area (Å²) < 4.78 is 11.9. The first-order valence-electron chi connectivity index (χ1n) is 8.21. The van der Waals surface area contributed by atoms with E-state index in [2.05, 4.69) is 11.0 Å². The van der Waals surface area contributed by atoms with Crippen LogP contribution < -0.4 is 4.74 Å². The van der Waals surface area contributed by atoms with Crippen molar-refractivity contribution >= 4 is 11.8 Å². The Balaban J connectivity index is 1.82. The molecular weight excluding hydrogens is 296 g/mol. The third-order valence-corrected chi connectivity index (χ3v) is 5.06. The monoisotopic (exact) mass is 316 g/mol. The maximum absolute atomic E-state index is 11.4. The van der Waals surface area contributed by atoms with Gasteiger partial charge in [0.05, 0.1) is 18.1 Å². The van der Waals surface area contributed by atoms with Crippen LogP contribution in [0.5, 0.6) is 5.75 Å². The third kappa shape index (κ3) is 2.33. The number of fused-ring (bicyclic) bond motifs is 2. The first kappa shape index (κ1) is 14.7. The Morgan fingerprint density at radius 2 is 2.04 bits per heavy atom. The fourth-order valence-corrected chi connectivity index (χ4v) is 3.96. The van der Waals surface area contributed by atoms with Gasteiger partial charge in [0.25, 0.3) is 0 Å². The Bertz CT molecular complexity index is 667. The first-order chi connectivity index (χ1) is 11.2. The summed E-state index contributed by atoms with van der Waals surface area (Å²) in [6.07, 6.45) is 6.19. The smallest absolute Gasteiger partial charge is 0.311 e. The van der Waals surface area contributed by atoms with E-state index >= 15 is 0 Å². The third-order valence-electron chi connectivity index (χ3n) is 5.06. The summed E-state index contributed by atoms with van der Waals surface area (Å²) in [5.41, 5.74) is 1.59. The molecule has 3 aliphatic rings. The molecular formula is C17H20N2O4. The van der Waals surface area contributed by atoms with Crippen LogP contribution in [0.3, 0.4) is 0 Å². The number of nitro benzene ring substituents is 1. The van der Waals surface area contributed by atoms with Crippen molar-refractivity contribution in [1.82, 2.24) is 4.90 Å². The second kappa shape index (κ2) is 5.62. The zero-order valence-electron chi connectivity index (χ0n) is 13.0. The van der Waals surface area contributed by atoms with E-state index in [0.29, 0.717) is 19.0 Å². The van der Waals surface area contributed by atoms with Gasteiger partial charge in [0, 0.05) is 31.1 Å². The topological polar surface area (TPSA) is 64.8 Å². The molecule has 4 rings (SSSR count). The van der Waals surface area contributed by atoms with Crippen molar-refractivity contribution in [2.75, 3.05) is 26.3 Å². The number of para-hydroxylation sites is 1. The summed E-state index contributed by atoms with van der Waals surface area (Å²) in [6.45, 7) is 2.96. The van der Waals surface area contributed by atoms with E-state index in [4.69, 9.17) is 9.47 Å². The Morgan fingerprint density at radius 1 is 1.22 bits per heavy atom. The maximum Gasteiger partial charge on any atom is 0.311 e. The van der Waals surface area contributed by atoms with E-state index in [0.717, 1.165) is 44.3 Å². The number of rotatable bonds is 2. The summed E-state index contributed by atoms with van der Waals surface area (Å²) in [5, 5.41) is 11.4. The highest BCUT2D eigenvalue weighted by atomic mass is 16.6.